The van der Waals surface area contributed by atoms with Gasteiger partial charge < -0.3 is 14.5 Å². The molecule has 1 aliphatic carbocycles. The molecule has 2 aliphatic heterocycles. The highest BCUT2D eigenvalue weighted by atomic mass is 35.5. The molecule has 9 heteroatoms. The fourth-order valence-electron chi connectivity index (χ4n) is 4.68. The van der Waals surface area contributed by atoms with Crippen molar-refractivity contribution in [1.82, 2.24) is 9.80 Å². The Morgan fingerprint density at radius 3 is 2.26 bits per heavy atom. The molecular weight excluding hydrogens is 422 g/mol. The molecule has 0 bridgehead atoms. The van der Waals surface area contributed by atoms with Crippen LogP contribution in [0.2, 0.25) is 5.02 Å². The monoisotopic (exact) mass is 447 g/mol. The predicted molar refractivity (Wildman–Crippen MR) is 113 cm³/mol. The molecule has 4 rings (SSSR count). The number of benzene rings is 1. The first kappa shape index (κ1) is 21.6. The Balaban J connectivity index is 1.22. The number of carbonyl (C=O) groups excluding carboxylic acids is 4. The minimum atomic E-state index is -0.730. The van der Waals surface area contributed by atoms with E-state index in [0.717, 1.165) is 23.4 Å². The molecule has 0 radical (unpaired) electrons. The molecule has 1 saturated carbocycles. The number of ether oxygens (including phenoxy) is 1. The van der Waals surface area contributed by atoms with Gasteiger partial charge in [0.1, 0.15) is 6.54 Å². The molecule has 3 aliphatic rings. The van der Waals surface area contributed by atoms with Crippen molar-refractivity contribution in [3.63, 3.8) is 0 Å². The van der Waals surface area contributed by atoms with E-state index in [0.29, 0.717) is 44.0 Å². The van der Waals surface area contributed by atoms with E-state index >= 15 is 0 Å². The number of rotatable bonds is 5. The van der Waals surface area contributed by atoms with Crippen LogP contribution in [0.5, 0.6) is 0 Å². The van der Waals surface area contributed by atoms with Crippen LogP contribution in [0.1, 0.15) is 25.7 Å². The highest BCUT2D eigenvalue weighted by Gasteiger charge is 2.48. The van der Waals surface area contributed by atoms with Crippen molar-refractivity contribution in [3.8, 4) is 0 Å². The number of hydrogen-bond donors (Lipinski definition) is 0. The van der Waals surface area contributed by atoms with E-state index in [4.69, 9.17) is 16.3 Å². The van der Waals surface area contributed by atoms with Gasteiger partial charge in [-0.3, -0.25) is 24.1 Å². The van der Waals surface area contributed by atoms with Crippen LogP contribution in [0.3, 0.4) is 0 Å². The average molecular weight is 448 g/mol. The van der Waals surface area contributed by atoms with Gasteiger partial charge in [-0.25, -0.2) is 0 Å². The Labute approximate surface area is 186 Å². The minimum Gasteiger partial charge on any atom is -0.454 e. The van der Waals surface area contributed by atoms with Gasteiger partial charge in [-0.2, -0.15) is 0 Å². The van der Waals surface area contributed by atoms with E-state index < -0.39 is 12.5 Å². The van der Waals surface area contributed by atoms with Gasteiger partial charge in [-0.05, 0) is 31.0 Å². The molecule has 166 valence electrons. The molecule has 0 N–H and O–H groups in total. The molecule has 0 aromatic heterocycles. The summed E-state index contributed by atoms with van der Waals surface area (Å²) in [4.78, 5) is 54.3. The Bertz CT molecular complexity index is 860. The van der Waals surface area contributed by atoms with Crippen LogP contribution >= 0.6 is 11.6 Å². The van der Waals surface area contributed by atoms with Crippen molar-refractivity contribution in [2.75, 3.05) is 44.2 Å². The quantitative estimate of drug-likeness (QED) is 0.504. The highest BCUT2D eigenvalue weighted by Crippen LogP contribution is 2.37. The normalized spacial score (nSPS) is 23.7. The molecule has 1 aromatic rings. The summed E-state index contributed by atoms with van der Waals surface area (Å²) >= 11 is 6.04. The predicted octanol–water partition coefficient (Wildman–Crippen LogP) is 1.71. The number of likely N-dealkylation sites (tertiary alicyclic amines) is 1. The smallest absolute Gasteiger partial charge is 0.326 e. The SMILES string of the molecule is O=C(CN1C(=O)C2CCCCC2C1=O)OCC(=O)N1CCN(c2cccc(Cl)c2)CC1. The first-order chi connectivity index (χ1) is 14.9. The second-order valence-corrected chi connectivity index (χ2v) is 8.70. The lowest BCUT2D eigenvalue weighted by Gasteiger charge is -2.36. The van der Waals surface area contributed by atoms with Crippen LogP contribution in [0.4, 0.5) is 5.69 Å². The number of hydrogen-bond acceptors (Lipinski definition) is 6. The lowest BCUT2D eigenvalue weighted by Crippen LogP contribution is -2.50. The van der Waals surface area contributed by atoms with Gasteiger partial charge in [0.25, 0.3) is 5.91 Å². The maximum Gasteiger partial charge on any atom is 0.326 e. The summed E-state index contributed by atoms with van der Waals surface area (Å²) in [5, 5.41) is 0.664. The van der Waals surface area contributed by atoms with E-state index in [1.54, 1.807) is 4.90 Å². The van der Waals surface area contributed by atoms with Crippen molar-refractivity contribution in [3.05, 3.63) is 29.3 Å². The molecule has 3 fully saturated rings. The van der Waals surface area contributed by atoms with Gasteiger partial charge in [-0.15, -0.1) is 0 Å². The van der Waals surface area contributed by atoms with Gasteiger partial charge in [-0.1, -0.05) is 30.5 Å². The standard InChI is InChI=1S/C22H26ClN3O5/c23-15-4-3-5-16(12-15)24-8-10-25(11-9-24)19(27)14-31-20(28)13-26-21(29)17-6-1-2-7-18(17)22(26)30/h3-5,12,17-18H,1-2,6-11,13-14H2. The maximum atomic E-state index is 12.4. The summed E-state index contributed by atoms with van der Waals surface area (Å²) in [6.45, 7) is 1.52. The van der Waals surface area contributed by atoms with Crippen molar-refractivity contribution in [1.29, 1.82) is 0 Å². The Hall–Kier alpha value is -2.61. The summed E-state index contributed by atoms with van der Waals surface area (Å²) in [5.41, 5.74) is 1.01. The third-order valence-corrected chi connectivity index (χ3v) is 6.62. The number of nitrogens with zero attached hydrogens (tertiary/aromatic N) is 3. The maximum absolute atomic E-state index is 12.4. The zero-order valence-corrected chi connectivity index (χ0v) is 18.1. The van der Waals surface area contributed by atoms with Gasteiger partial charge >= 0.3 is 5.97 Å². The Morgan fingerprint density at radius 1 is 1.00 bits per heavy atom. The zero-order valence-electron chi connectivity index (χ0n) is 17.3. The third-order valence-electron chi connectivity index (χ3n) is 6.38. The Morgan fingerprint density at radius 2 is 1.65 bits per heavy atom. The highest BCUT2D eigenvalue weighted by molar-refractivity contribution is 6.30. The first-order valence-corrected chi connectivity index (χ1v) is 11.1. The minimum absolute atomic E-state index is 0.282. The third kappa shape index (κ3) is 4.69. The molecule has 8 nitrogen and oxygen atoms in total. The molecule has 3 amide bonds. The number of imide groups is 1. The summed E-state index contributed by atoms with van der Waals surface area (Å²) in [5.74, 6) is -2.18. The fraction of sp³-hybridized carbons (Fsp3) is 0.545. The second-order valence-electron chi connectivity index (χ2n) is 8.27. The second kappa shape index (κ2) is 9.26. The van der Waals surface area contributed by atoms with E-state index in [-0.39, 0.29) is 36.2 Å². The molecule has 31 heavy (non-hydrogen) atoms. The van der Waals surface area contributed by atoms with E-state index in [2.05, 4.69) is 4.90 Å². The number of carbonyl (C=O) groups is 4. The molecule has 2 heterocycles. The number of esters is 1. The van der Waals surface area contributed by atoms with Gasteiger partial charge in [0.15, 0.2) is 6.61 Å². The van der Waals surface area contributed by atoms with Gasteiger partial charge in [0, 0.05) is 36.9 Å². The van der Waals surface area contributed by atoms with Crippen molar-refractivity contribution in [2.24, 2.45) is 11.8 Å². The van der Waals surface area contributed by atoms with Crippen molar-refractivity contribution < 1.29 is 23.9 Å². The number of anilines is 1. The molecule has 2 atom stereocenters. The first-order valence-electron chi connectivity index (χ1n) is 10.7. The largest absolute Gasteiger partial charge is 0.454 e. The van der Waals surface area contributed by atoms with Gasteiger partial charge in [0.2, 0.25) is 11.8 Å². The number of fused-ring (bicyclic) bond motifs is 1. The lowest BCUT2D eigenvalue weighted by atomic mass is 9.81. The van der Waals surface area contributed by atoms with Crippen LogP contribution in [-0.4, -0.2) is 72.8 Å². The Kier molecular flexibility index (Phi) is 6.46. The summed E-state index contributed by atoms with van der Waals surface area (Å²) in [6, 6.07) is 7.57. The number of piperazine rings is 1. The number of halogens is 1. The molecule has 0 spiro atoms. The zero-order chi connectivity index (χ0) is 22.0. The topological polar surface area (TPSA) is 87.2 Å². The molecule has 1 aromatic carbocycles. The number of amides is 3. The van der Waals surface area contributed by atoms with Crippen LogP contribution in [0.15, 0.2) is 24.3 Å². The molecule has 2 saturated heterocycles. The van der Waals surface area contributed by atoms with E-state index in [1.807, 2.05) is 24.3 Å². The van der Waals surface area contributed by atoms with Crippen molar-refractivity contribution in [2.45, 2.75) is 25.7 Å². The summed E-state index contributed by atoms with van der Waals surface area (Å²) < 4.78 is 5.09. The lowest BCUT2D eigenvalue weighted by molar-refractivity contribution is -0.156. The van der Waals surface area contributed by atoms with Crippen molar-refractivity contribution >= 4 is 41.0 Å². The average Bonchev–Trinajstić information content (AvgIpc) is 3.02. The van der Waals surface area contributed by atoms with Crippen LogP contribution in [0, 0.1) is 11.8 Å². The fourth-order valence-corrected chi connectivity index (χ4v) is 4.87. The van der Waals surface area contributed by atoms with E-state index in [1.165, 1.54) is 0 Å². The molecule has 2 unspecified atom stereocenters. The summed E-state index contributed by atoms with van der Waals surface area (Å²) in [6.07, 6.45) is 3.25. The van der Waals surface area contributed by atoms with Crippen LogP contribution in [0.25, 0.3) is 0 Å². The molecular formula is C22H26ClN3O5. The van der Waals surface area contributed by atoms with Gasteiger partial charge in [0.05, 0.1) is 11.8 Å². The van der Waals surface area contributed by atoms with Crippen LogP contribution < -0.4 is 4.90 Å². The van der Waals surface area contributed by atoms with Crippen LogP contribution in [-0.2, 0) is 23.9 Å². The summed E-state index contributed by atoms with van der Waals surface area (Å²) in [7, 11) is 0. The van der Waals surface area contributed by atoms with E-state index in [9.17, 15) is 19.2 Å².